The third kappa shape index (κ3) is 2.71. The summed E-state index contributed by atoms with van der Waals surface area (Å²) in [7, 11) is 0. The number of halogens is 2. The molecule has 1 aliphatic rings. The Hall–Kier alpha value is -1.79. The molecule has 20 heavy (non-hydrogen) atoms. The minimum absolute atomic E-state index is 0.228. The molecule has 106 valence electrons. The molecule has 2 heterocycles. The zero-order valence-corrected chi connectivity index (χ0v) is 11.0. The third-order valence-corrected chi connectivity index (χ3v) is 3.50. The molecule has 1 aromatic carbocycles. The number of nitrogens with two attached hydrogens (primary N) is 1. The van der Waals surface area contributed by atoms with E-state index in [4.69, 9.17) is 5.73 Å². The van der Waals surface area contributed by atoms with Crippen LogP contribution in [0.2, 0.25) is 0 Å². The molecule has 6 heteroatoms. The second-order valence-electron chi connectivity index (χ2n) is 5.13. The first-order valence-electron chi connectivity index (χ1n) is 6.60. The van der Waals surface area contributed by atoms with Gasteiger partial charge in [0.1, 0.15) is 11.5 Å². The number of hydrogen-bond donors (Lipinski definition) is 1. The maximum atomic E-state index is 13.7. The fourth-order valence-corrected chi connectivity index (χ4v) is 2.48. The summed E-state index contributed by atoms with van der Waals surface area (Å²) in [6, 6.07) is 5.53. The Morgan fingerprint density at radius 3 is 2.85 bits per heavy atom. The van der Waals surface area contributed by atoms with E-state index >= 15 is 0 Å². The van der Waals surface area contributed by atoms with Crippen LogP contribution in [-0.2, 0) is 6.54 Å². The summed E-state index contributed by atoms with van der Waals surface area (Å²) >= 11 is 0. The van der Waals surface area contributed by atoms with Gasteiger partial charge in [-0.2, -0.15) is 5.10 Å². The summed E-state index contributed by atoms with van der Waals surface area (Å²) in [5, 5.41) is 4.33. The van der Waals surface area contributed by atoms with Gasteiger partial charge in [-0.25, -0.2) is 13.5 Å². The van der Waals surface area contributed by atoms with Crippen LogP contribution in [0.5, 0.6) is 0 Å². The van der Waals surface area contributed by atoms with Crippen molar-refractivity contribution in [3.63, 3.8) is 0 Å². The molecule has 0 spiro atoms. The maximum absolute atomic E-state index is 13.7. The van der Waals surface area contributed by atoms with Gasteiger partial charge in [0.2, 0.25) is 0 Å². The second kappa shape index (κ2) is 5.30. The van der Waals surface area contributed by atoms with E-state index in [2.05, 4.69) is 10.00 Å². The molecular weight excluding hydrogens is 262 g/mol. The van der Waals surface area contributed by atoms with Crippen LogP contribution in [0.3, 0.4) is 0 Å². The van der Waals surface area contributed by atoms with Crippen LogP contribution in [0.1, 0.15) is 12.1 Å². The summed E-state index contributed by atoms with van der Waals surface area (Å²) in [5.41, 5.74) is 6.95. The zero-order valence-electron chi connectivity index (χ0n) is 11.0. The van der Waals surface area contributed by atoms with E-state index in [1.165, 1.54) is 16.8 Å². The van der Waals surface area contributed by atoms with E-state index in [0.29, 0.717) is 6.54 Å². The fraction of sp³-hybridized carbons (Fsp3) is 0.357. The van der Waals surface area contributed by atoms with Gasteiger partial charge in [0.15, 0.2) is 5.82 Å². The number of nitrogens with zero attached hydrogens (tertiary/aromatic N) is 3. The van der Waals surface area contributed by atoms with Gasteiger partial charge >= 0.3 is 0 Å². The molecule has 2 N–H and O–H groups in total. The lowest BCUT2D eigenvalue weighted by atomic mass is 10.3. The van der Waals surface area contributed by atoms with E-state index in [0.717, 1.165) is 31.3 Å². The van der Waals surface area contributed by atoms with Crippen LogP contribution >= 0.6 is 0 Å². The molecule has 1 aliphatic heterocycles. The van der Waals surface area contributed by atoms with Crippen molar-refractivity contribution in [3.8, 4) is 5.69 Å². The Kier molecular flexibility index (Phi) is 3.50. The van der Waals surface area contributed by atoms with Crippen molar-refractivity contribution in [3.05, 3.63) is 47.8 Å². The number of rotatable bonds is 3. The molecule has 2 aromatic rings. The predicted molar refractivity (Wildman–Crippen MR) is 71.3 cm³/mol. The van der Waals surface area contributed by atoms with Gasteiger partial charge in [-0.1, -0.05) is 0 Å². The maximum Gasteiger partial charge on any atom is 0.151 e. The van der Waals surface area contributed by atoms with E-state index in [9.17, 15) is 8.78 Å². The van der Waals surface area contributed by atoms with Crippen LogP contribution in [0.25, 0.3) is 5.69 Å². The summed E-state index contributed by atoms with van der Waals surface area (Å²) < 4.78 is 28.0. The van der Waals surface area contributed by atoms with Gasteiger partial charge in [0, 0.05) is 37.9 Å². The van der Waals surface area contributed by atoms with Crippen molar-refractivity contribution in [2.24, 2.45) is 5.73 Å². The molecule has 1 fully saturated rings. The van der Waals surface area contributed by atoms with E-state index in [1.54, 1.807) is 6.20 Å². The van der Waals surface area contributed by atoms with Crippen molar-refractivity contribution in [1.29, 1.82) is 0 Å². The first-order chi connectivity index (χ1) is 9.61. The van der Waals surface area contributed by atoms with Crippen LogP contribution in [0.4, 0.5) is 8.78 Å². The molecule has 0 unspecified atom stereocenters. The Labute approximate surface area is 115 Å². The summed E-state index contributed by atoms with van der Waals surface area (Å²) in [5.74, 6) is -1.22. The number of likely N-dealkylation sites (tertiary alicyclic amines) is 1. The van der Waals surface area contributed by atoms with E-state index in [-0.39, 0.29) is 11.7 Å². The van der Waals surface area contributed by atoms with Gasteiger partial charge < -0.3 is 5.73 Å². The first kappa shape index (κ1) is 13.2. The van der Waals surface area contributed by atoms with Gasteiger partial charge in [0.25, 0.3) is 0 Å². The van der Waals surface area contributed by atoms with E-state index in [1.807, 2.05) is 6.07 Å². The van der Waals surface area contributed by atoms with Gasteiger partial charge in [-0.15, -0.1) is 0 Å². The summed E-state index contributed by atoms with van der Waals surface area (Å²) in [4.78, 5) is 2.22. The van der Waals surface area contributed by atoms with Gasteiger partial charge in [-0.3, -0.25) is 4.90 Å². The topological polar surface area (TPSA) is 47.1 Å². The van der Waals surface area contributed by atoms with Crippen molar-refractivity contribution < 1.29 is 8.78 Å². The highest BCUT2D eigenvalue weighted by Gasteiger charge is 2.19. The molecule has 0 radical (unpaired) electrons. The monoisotopic (exact) mass is 278 g/mol. The third-order valence-electron chi connectivity index (χ3n) is 3.50. The second-order valence-corrected chi connectivity index (χ2v) is 5.13. The highest BCUT2D eigenvalue weighted by Crippen LogP contribution is 2.16. The standard InChI is InChI=1S/C14H16F2N4/c15-10-1-2-14(13(16)7-10)20-6-4-12(18-20)9-19-5-3-11(17)8-19/h1-2,4,6-7,11H,3,5,8-9,17H2/t11-/m1/s1. The zero-order chi connectivity index (χ0) is 14.1. The van der Waals surface area contributed by atoms with E-state index < -0.39 is 11.6 Å². The molecule has 0 saturated carbocycles. The number of benzene rings is 1. The highest BCUT2D eigenvalue weighted by molar-refractivity contribution is 5.33. The molecule has 1 atom stereocenters. The van der Waals surface area contributed by atoms with Crippen molar-refractivity contribution in [1.82, 2.24) is 14.7 Å². The number of aromatic nitrogens is 2. The summed E-state index contributed by atoms with van der Waals surface area (Å²) in [6.45, 7) is 2.51. The van der Waals surface area contributed by atoms with Gasteiger partial charge in [-0.05, 0) is 24.6 Å². The van der Waals surface area contributed by atoms with Gasteiger partial charge in [0.05, 0.1) is 5.69 Å². The Morgan fingerprint density at radius 1 is 1.30 bits per heavy atom. The lowest BCUT2D eigenvalue weighted by Gasteiger charge is -2.12. The lowest BCUT2D eigenvalue weighted by molar-refractivity contribution is 0.322. The highest BCUT2D eigenvalue weighted by atomic mass is 19.1. The molecule has 0 aliphatic carbocycles. The van der Waals surface area contributed by atoms with Crippen molar-refractivity contribution in [2.45, 2.75) is 19.0 Å². The van der Waals surface area contributed by atoms with Crippen LogP contribution in [0, 0.1) is 11.6 Å². The summed E-state index contributed by atoms with van der Waals surface area (Å²) in [6.07, 6.45) is 2.68. The minimum Gasteiger partial charge on any atom is -0.326 e. The largest absolute Gasteiger partial charge is 0.326 e. The molecule has 1 saturated heterocycles. The van der Waals surface area contributed by atoms with Crippen LogP contribution in [0.15, 0.2) is 30.5 Å². The first-order valence-corrected chi connectivity index (χ1v) is 6.60. The Morgan fingerprint density at radius 2 is 2.15 bits per heavy atom. The smallest absolute Gasteiger partial charge is 0.151 e. The van der Waals surface area contributed by atoms with Crippen LogP contribution in [-0.4, -0.2) is 33.8 Å². The average Bonchev–Trinajstić information content (AvgIpc) is 2.99. The minimum atomic E-state index is -0.622. The van der Waals surface area contributed by atoms with Crippen LogP contribution < -0.4 is 5.73 Å². The molecule has 1 aromatic heterocycles. The average molecular weight is 278 g/mol. The van der Waals surface area contributed by atoms with Crippen molar-refractivity contribution >= 4 is 0 Å². The normalized spacial score (nSPS) is 19.6. The predicted octanol–water partition coefficient (Wildman–Crippen LogP) is 1.68. The molecule has 3 rings (SSSR count). The number of hydrogen-bond acceptors (Lipinski definition) is 3. The molecule has 0 bridgehead atoms. The molecular formula is C14H16F2N4. The SMILES string of the molecule is N[C@@H]1CCN(Cc2ccn(-c3ccc(F)cc3F)n2)C1. The lowest BCUT2D eigenvalue weighted by Crippen LogP contribution is -2.26. The Bertz CT molecular complexity index is 611. The van der Waals surface area contributed by atoms with Crippen molar-refractivity contribution in [2.75, 3.05) is 13.1 Å². The quantitative estimate of drug-likeness (QED) is 0.929. The Balaban J connectivity index is 1.76. The fourth-order valence-electron chi connectivity index (χ4n) is 2.48. The molecule has 4 nitrogen and oxygen atoms in total. The molecule has 0 amide bonds.